The number of anilines is 1. The Balaban J connectivity index is 2.00. The summed E-state index contributed by atoms with van der Waals surface area (Å²) in [5, 5.41) is 0. The van der Waals surface area contributed by atoms with Crippen LogP contribution in [0, 0.1) is 0 Å². The third kappa shape index (κ3) is 3.37. The second kappa shape index (κ2) is 7.01. The molecule has 0 fully saturated rings. The molecule has 3 aromatic rings. The van der Waals surface area contributed by atoms with Crippen LogP contribution >= 0.6 is 0 Å². The van der Waals surface area contributed by atoms with Gasteiger partial charge in [0.1, 0.15) is 5.75 Å². The van der Waals surface area contributed by atoms with Gasteiger partial charge in [-0.2, -0.15) is 0 Å². The van der Waals surface area contributed by atoms with E-state index in [-0.39, 0.29) is 6.04 Å². The van der Waals surface area contributed by atoms with Gasteiger partial charge in [-0.05, 0) is 35.4 Å². The topological polar surface area (TPSA) is 12.5 Å². The van der Waals surface area contributed by atoms with E-state index < -0.39 is 0 Å². The highest BCUT2D eigenvalue weighted by Gasteiger charge is 2.19. The fraction of sp³-hybridized carbons (Fsp3) is 0.143. The fourth-order valence-electron chi connectivity index (χ4n) is 2.88. The molecule has 23 heavy (non-hydrogen) atoms. The van der Waals surface area contributed by atoms with Gasteiger partial charge in [-0.1, -0.05) is 60.7 Å². The normalized spacial score (nSPS) is 10.6. The van der Waals surface area contributed by atoms with Gasteiger partial charge in [-0.3, -0.25) is 0 Å². The van der Waals surface area contributed by atoms with Gasteiger partial charge in [-0.15, -0.1) is 0 Å². The van der Waals surface area contributed by atoms with Gasteiger partial charge >= 0.3 is 0 Å². The lowest BCUT2D eigenvalue weighted by Gasteiger charge is -2.31. The molecule has 0 aliphatic carbocycles. The summed E-state index contributed by atoms with van der Waals surface area (Å²) in [7, 11) is 3.82. The van der Waals surface area contributed by atoms with E-state index in [0.717, 1.165) is 11.4 Å². The highest BCUT2D eigenvalue weighted by atomic mass is 16.5. The number of hydrogen-bond acceptors (Lipinski definition) is 2. The number of rotatable bonds is 5. The first-order valence-electron chi connectivity index (χ1n) is 7.76. The van der Waals surface area contributed by atoms with Crippen molar-refractivity contribution in [3.8, 4) is 5.75 Å². The molecule has 0 saturated carbocycles. The van der Waals surface area contributed by atoms with Crippen LogP contribution in [0.3, 0.4) is 0 Å². The minimum Gasteiger partial charge on any atom is -0.497 e. The van der Waals surface area contributed by atoms with Gasteiger partial charge < -0.3 is 9.64 Å². The zero-order valence-corrected chi connectivity index (χ0v) is 13.5. The van der Waals surface area contributed by atoms with Crippen molar-refractivity contribution in [1.29, 1.82) is 0 Å². The van der Waals surface area contributed by atoms with Crippen molar-refractivity contribution < 1.29 is 4.74 Å². The Bertz CT molecular complexity index is 683. The van der Waals surface area contributed by atoms with Gasteiger partial charge in [0, 0.05) is 12.7 Å². The minimum absolute atomic E-state index is 0.172. The zero-order chi connectivity index (χ0) is 16.1. The van der Waals surface area contributed by atoms with E-state index in [1.807, 2.05) is 12.1 Å². The van der Waals surface area contributed by atoms with Crippen LogP contribution in [0.25, 0.3) is 0 Å². The lowest BCUT2D eigenvalue weighted by Crippen LogP contribution is -2.25. The summed E-state index contributed by atoms with van der Waals surface area (Å²) in [6.07, 6.45) is 0. The fourth-order valence-corrected chi connectivity index (χ4v) is 2.88. The Morgan fingerprint density at radius 1 is 0.696 bits per heavy atom. The monoisotopic (exact) mass is 303 g/mol. The maximum atomic E-state index is 5.26. The predicted octanol–water partition coefficient (Wildman–Crippen LogP) is 4.92. The van der Waals surface area contributed by atoms with Crippen LogP contribution in [0.15, 0.2) is 84.9 Å². The van der Waals surface area contributed by atoms with E-state index in [9.17, 15) is 0 Å². The summed E-state index contributed by atoms with van der Waals surface area (Å²) in [5.74, 6) is 0.873. The summed E-state index contributed by atoms with van der Waals surface area (Å²) >= 11 is 0. The van der Waals surface area contributed by atoms with Crippen LogP contribution in [0.5, 0.6) is 5.75 Å². The van der Waals surface area contributed by atoms with Crippen molar-refractivity contribution in [2.75, 3.05) is 19.1 Å². The van der Waals surface area contributed by atoms with Crippen LogP contribution in [0.2, 0.25) is 0 Å². The molecule has 0 atom stereocenters. The Hall–Kier alpha value is -2.74. The first-order chi connectivity index (χ1) is 11.3. The molecule has 2 heteroatoms. The van der Waals surface area contributed by atoms with E-state index in [1.54, 1.807) is 7.11 Å². The molecule has 0 aliphatic rings. The van der Waals surface area contributed by atoms with Crippen molar-refractivity contribution >= 4 is 5.69 Å². The van der Waals surface area contributed by atoms with Crippen LogP contribution in [-0.4, -0.2) is 14.2 Å². The Kier molecular flexibility index (Phi) is 4.62. The van der Waals surface area contributed by atoms with Gasteiger partial charge in [0.05, 0.1) is 13.2 Å². The molecule has 3 aromatic carbocycles. The smallest absolute Gasteiger partial charge is 0.119 e. The third-order valence-corrected chi connectivity index (χ3v) is 4.10. The summed E-state index contributed by atoms with van der Waals surface area (Å²) in [6.45, 7) is 0. The van der Waals surface area contributed by atoms with Crippen molar-refractivity contribution in [2.45, 2.75) is 6.04 Å². The van der Waals surface area contributed by atoms with Crippen molar-refractivity contribution in [3.05, 3.63) is 96.1 Å². The van der Waals surface area contributed by atoms with E-state index in [0.29, 0.717) is 0 Å². The van der Waals surface area contributed by atoms with Gasteiger partial charge in [0.15, 0.2) is 0 Å². The number of hydrogen-bond donors (Lipinski definition) is 0. The van der Waals surface area contributed by atoms with Gasteiger partial charge in [0.25, 0.3) is 0 Å². The second-order valence-electron chi connectivity index (χ2n) is 5.53. The Labute approximate surface area is 138 Å². The van der Waals surface area contributed by atoms with Crippen LogP contribution < -0.4 is 9.64 Å². The van der Waals surface area contributed by atoms with Gasteiger partial charge in [-0.25, -0.2) is 0 Å². The molecule has 0 unspecified atom stereocenters. The first kappa shape index (κ1) is 15.2. The molecule has 0 heterocycles. The molecule has 3 rings (SSSR count). The van der Waals surface area contributed by atoms with E-state index in [1.165, 1.54) is 11.1 Å². The number of nitrogens with zero attached hydrogens (tertiary/aromatic N) is 1. The van der Waals surface area contributed by atoms with E-state index >= 15 is 0 Å². The molecular weight excluding hydrogens is 282 g/mol. The quantitative estimate of drug-likeness (QED) is 0.663. The highest BCUT2D eigenvalue weighted by Crippen LogP contribution is 2.32. The zero-order valence-electron chi connectivity index (χ0n) is 13.5. The van der Waals surface area contributed by atoms with Gasteiger partial charge in [0.2, 0.25) is 0 Å². The molecule has 0 aliphatic heterocycles. The Morgan fingerprint density at radius 3 is 1.61 bits per heavy atom. The highest BCUT2D eigenvalue weighted by molar-refractivity contribution is 5.53. The van der Waals surface area contributed by atoms with E-state index in [2.05, 4.69) is 84.7 Å². The average Bonchev–Trinajstić information content (AvgIpc) is 2.64. The standard InChI is InChI=1S/C21H21NO/c1-22(19-13-15-20(23-2)16-14-19)21(17-9-5-3-6-10-17)18-11-7-4-8-12-18/h3-16,21H,1-2H3. The molecule has 0 saturated heterocycles. The molecule has 0 amide bonds. The third-order valence-electron chi connectivity index (χ3n) is 4.10. The molecule has 0 N–H and O–H groups in total. The molecule has 0 aromatic heterocycles. The summed E-state index contributed by atoms with van der Waals surface area (Å²) in [4.78, 5) is 2.30. The maximum absolute atomic E-state index is 5.26. The van der Waals surface area contributed by atoms with Crippen LogP contribution in [0.1, 0.15) is 17.2 Å². The molecule has 116 valence electrons. The number of methoxy groups -OCH3 is 1. The molecule has 0 spiro atoms. The second-order valence-corrected chi connectivity index (χ2v) is 5.53. The minimum atomic E-state index is 0.172. The lowest BCUT2D eigenvalue weighted by atomic mass is 9.97. The number of benzene rings is 3. The summed E-state index contributed by atoms with van der Waals surface area (Å²) < 4.78 is 5.26. The predicted molar refractivity (Wildman–Crippen MR) is 96.1 cm³/mol. The summed E-state index contributed by atoms with van der Waals surface area (Å²) in [6, 6.07) is 29.5. The number of ether oxygens (including phenoxy) is 1. The SMILES string of the molecule is COc1ccc(N(C)C(c2ccccc2)c2ccccc2)cc1. The summed E-state index contributed by atoms with van der Waals surface area (Å²) in [5.41, 5.74) is 3.71. The van der Waals surface area contributed by atoms with Crippen molar-refractivity contribution in [1.82, 2.24) is 0 Å². The first-order valence-corrected chi connectivity index (χ1v) is 7.76. The molecule has 0 bridgehead atoms. The maximum Gasteiger partial charge on any atom is 0.119 e. The van der Waals surface area contributed by atoms with Crippen molar-refractivity contribution in [2.24, 2.45) is 0 Å². The van der Waals surface area contributed by atoms with Crippen LogP contribution in [-0.2, 0) is 0 Å². The van der Waals surface area contributed by atoms with Crippen LogP contribution in [0.4, 0.5) is 5.69 Å². The molecular formula is C21H21NO. The largest absolute Gasteiger partial charge is 0.497 e. The van der Waals surface area contributed by atoms with E-state index in [4.69, 9.17) is 4.74 Å². The average molecular weight is 303 g/mol. The lowest BCUT2D eigenvalue weighted by molar-refractivity contribution is 0.415. The van der Waals surface area contributed by atoms with Crippen molar-refractivity contribution in [3.63, 3.8) is 0 Å². The molecule has 0 radical (unpaired) electrons. The Morgan fingerprint density at radius 2 is 1.17 bits per heavy atom. The molecule has 2 nitrogen and oxygen atoms in total.